The number of rotatable bonds is 10. The lowest BCUT2D eigenvalue weighted by atomic mass is 10.0. The fraction of sp³-hybridized carbons (Fsp3) is 0.407. The minimum Gasteiger partial charge on any atom is -0.391 e. The second-order valence-corrected chi connectivity index (χ2v) is 10.8. The number of nitrogens with one attached hydrogen (secondary N) is 2. The number of halogens is 2. The van der Waals surface area contributed by atoms with Gasteiger partial charge in [0.05, 0.1) is 12.5 Å². The highest BCUT2D eigenvalue weighted by atomic mass is 35.5. The van der Waals surface area contributed by atoms with Crippen molar-refractivity contribution in [3.8, 4) is 0 Å². The van der Waals surface area contributed by atoms with Crippen LogP contribution >= 0.6 is 35.0 Å². The van der Waals surface area contributed by atoms with E-state index in [0.717, 1.165) is 50.5 Å². The fourth-order valence-electron chi connectivity index (χ4n) is 4.26. The number of nitrogens with zero attached hydrogens (tertiary/aromatic N) is 1. The molecule has 1 saturated heterocycles. The van der Waals surface area contributed by atoms with Gasteiger partial charge in [0.15, 0.2) is 6.29 Å². The van der Waals surface area contributed by atoms with Crippen LogP contribution in [-0.2, 0) is 16.0 Å². The van der Waals surface area contributed by atoms with E-state index < -0.39 is 6.10 Å². The lowest BCUT2D eigenvalue weighted by Crippen LogP contribution is -2.31. The van der Waals surface area contributed by atoms with E-state index in [1.807, 2.05) is 52.1 Å². The van der Waals surface area contributed by atoms with Crippen LogP contribution in [0.4, 0.5) is 5.69 Å². The van der Waals surface area contributed by atoms with Gasteiger partial charge < -0.3 is 20.3 Å². The molecule has 1 aromatic heterocycles. The molecular weight excluding hydrogens is 517 g/mol. The van der Waals surface area contributed by atoms with Crippen LogP contribution in [0.3, 0.4) is 0 Å². The van der Waals surface area contributed by atoms with E-state index in [9.17, 15) is 14.7 Å². The number of aliphatic hydroxyl groups is 1. The molecular formula is C27H33Cl2N3O3S. The summed E-state index contributed by atoms with van der Waals surface area (Å²) in [6.45, 7) is 6.69. The standard InChI is InChI=1S/C27H33Cl2N3O3S/c1-16-23(11-27(35)32-8-7-21(34)13-32)18(3)31-26(16)9-19(14-33)24-10-22(5-6-25(24)30-4)36-15-20(12-28)17(2)29/h5-6,9-10,14,21,30-31,34H,7-8,11-13,15H2,1-4H3/b19-9+,20-17-. The molecule has 1 atom stereocenters. The third-order valence-corrected chi connectivity index (χ3v) is 8.21. The SMILES string of the molecule is CNc1ccc(SC/C(CCl)=C(/C)Cl)cc1/C(C=O)=C/c1[nH]c(C)c(CC(=O)N2CCC(O)C2)c1C. The zero-order valence-corrected chi connectivity index (χ0v) is 23.4. The quantitative estimate of drug-likeness (QED) is 0.160. The van der Waals surface area contributed by atoms with Crippen LogP contribution in [0.2, 0.25) is 0 Å². The van der Waals surface area contributed by atoms with E-state index in [0.29, 0.717) is 41.7 Å². The molecule has 0 radical (unpaired) electrons. The number of carbonyl (C=O) groups excluding carboxylic acids is 2. The molecule has 1 fully saturated rings. The first-order valence-electron chi connectivity index (χ1n) is 11.8. The van der Waals surface area contributed by atoms with Crippen LogP contribution in [0, 0.1) is 13.8 Å². The van der Waals surface area contributed by atoms with Crippen molar-refractivity contribution in [2.75, 3.05) is 37.1 Å². The number of carbonyl (C=O) groups is 2. The number of benzene rings is 1. The summed E-state index contributed by atoms with van der Waals surface area (Å²) in [5.41, 5.74) is 6.66. The molecule has 0 aliphatic carbocycles. The van der Waals surface area contributed by atoms with Gasteiger partial charge >= 0.3 is 0 Å². The van der Waals surface area contributed by atoms with Gasteiger partial charge in [-0.3, -0.25) is 9.59 Å². The van der Waals surface area contributed by atoms with Crippen LogP contribution in [0.5, 0.6) is 0 Å². The molecule has 1 unspecified atom stereocenters. The minimum atomic E-state index is -0.442. The summed E-state index contributed by atoms with van der Waals surface area (Å²) in [6, 6.07) is 5.94. The highest BCUT2D eigenvalue weighted by molar-refractivity contribution is 7.99. The van der Waals surface area contributed by atoms with Gasteiger partial charge in [-0.2, -0.15) is 0 Å². The Bertz CT molecular complexity index is 1190. The Balaban J connectivity index is 1.89. The normalized spacial score (nSPS) is 16.8. The largest absolute Gasteiger partial charge is 0.391 e. The number of thioether (sulfide) groups is 1. The van der Waals surface area contributed by atoms with Crippen LogP contribution < -0.4 is 5.32 Å². The second kappa shape index (κ2) is 12.9. The molecule has 36 heavy (non-hydrogen) atoms. The summed E-state index contributed by atoms with van der Waals surface area (Å²) >= 11 is 13.8. The number of aldehydes is 1. The number of H-pyrrole nitrogens is 1. The Labute approximate surface area is 227 Å². The number of likely N-dealkylation sites (tertiary alicyclic amines) is 1. The molecule has 2 heterocycles. The lowest BCUT2D eigenvalue weighted by Gasteiger charge is -2.15. The zero-order chi connectivity index (χ0) is 26.4. The molecule has 1 aliphatic heterocycles. The third kappa shape index (κ3) is 6.76. The molecule has 1 aliphatic rings. The maximum Gasteiger partial charge on any atom is 0.227 e. The summed E-state index contributed by atoms with van der Waals surface area (Å²) in [5, 5.41) is 13.6. The van der Waals surface area contributed by atoms with Crippen LogP contribution in [0.25, 0.3) is 11.6 Å². The Hall–Kier alpha value is -2.19. The number of aromatic nitrogens is 1. The number of alkyl halides is 1. The molecule has 9 heteroatoms. The number of anilines is 1. The number of aromatic amines is 1. The molecule has 1 aromatic carbocycles. The van der Waals surface area contributed by atoms with E-state index in [2.05, 4.69) is 10.3 Å². The highest BCUT2D eigenvalue weighted by Crippen LogP contribution is 2.32. The zero-order valence-electron chi connectivity index (χ0n) is 21.1. The number of aryl methyl sites for hydroxylation is 1. The van der Waals surface area contributed by atoms with Gasteiger partial charge in [-0.15, -0.1) is 23.4 Å². The monoisotopic (exact) mass is 549 g/mol. The Kier molecular flexibility index (Phi) is 10.1. The van der Waals surface area contributed by atoms with Crippen LogP contribution in [0.1, 0.15) is 41.4 Å². The predicted octanol–water partition coefficient (Wildman–Crippen LogP) is 5.39. The first kappa shape index (κ1) is 28.4. The summed E-state index contributed by atoms with van der Waals surface area (Å²) < 4.78 is 0. The molecule has 6 nitrogen and oxygen atoms in total. The van der Waals surface area contributed by atoms with Gasteiger partial charge in [0, 0.05) is 69.9 Å². The molecule has 0 saturated carbocycles. The lowest BCUT2D eigenvalue weighted by molar-refractivity contribution is -0.129. The molecule has 3 rings (SSSR count). The summed E-state index contributed by atoms with van der Waals surface area (Å²) in [4.78, 5) is 31.1. The Morgan fingerprint density at radius 2 is 2.11 bits per heavy atom. The van der Waals surface area contributed by atoms with Gasteiger partial charge in [0.2, 0.25) is 5.91 Å². The molecule has 1 amide bonds. The number of hydrogen-bond acceptors (Lipinski definition) is 5. The summed E-state index contributed by atoms with van der Waals surface area (Å²) in [6.07, 6.45) is 3.12. The smallest absolute Gasteiger partial charge is 0.227 e. The number of β-amino-alcohol motifs (C(OH)–C–C–N with tert-alkyl or cyclic N) is 1. The Morgan fingerprint density at radius 3 is 2.69 bits per heavy atom. The highest BCUT2D eigenvalue weighted by Gasteiger charge is 2.26. The maximum absolute atomic E-state index is 12.8. The fourth-order valence-corrected chi connectivity index (χ4v) is 5.97. The van der Waals surface area contributed by atoms with Gasteiger partial charge in [-0.05, 0) is 68.2 Å². The number of allylic oxidation sites excluding steroid dienone is 2. The van der Waals surface area contributed by atoms with E-state index in [1.54, 1.807) is 16.7 Å². The topological polar surface area (TPSA) is 85.4 Å². The van der Waals surface area contributed by atoms with Crippen molar-refractivity contribution < 1.29 is 14.7 Å². The molecule has 2 aromatic rings. The summed E-state index contributed by atoms with van der Waals surface area (Å²) in [7, 11) is 1.82. The van der Waals surface area contributed by atoms with E-state index in [4.69, 9.17) is 23.2 Å². The van der Waals surface area contributed by atoms with Crippen molar-refractivity contribution in [1.82, 2.24) is 9.88 Å². The van der Waals surface area contributed by atoms with Gasteiger partial charge in [0.25, 0.3) is 0 Å². The minimum absolute atomic E-state index is 0.00244. The van der Waals surface area contributed by atoms with Crippen molar-refractivity contribution in [3.05, 3.63) is 56.9 Å². The first-order chi connectivity index (χ1) is 17.2. The van der Waals surface area contributed by atoms with Crippen molar-refractivity contribution in [2.24, 2.45) is 0 Å². The molecule has 3 N–H and O–H groups in total. The molecule has 194 valence electrons. The number of hydrogen-bond donors (Lipinski definition) is 3. The first-order valence-corrected chi connectivity index (χ1v) is 13.7. The molecule has 0 bridgehead atoms. The van der Waals surface area contributed by atoms with Gasteiger partial charge in [-0.25, -0.2) is 0 Å². The van der Waals surface area contributed by atoms with Gasteiger partial charge in [-0.1, -0.05) is 11.6 Å². The third-order valence-electron chi connectivity index (χ3n) is 6.54. The second-order valence-electron chi connectivity index (χ2n) is 8.96. The van der Waals surface area contributed by atoms with Crippen molar-refractivity contribution in [2.45, 2.75) is 44.6 Å². The Morgan fingerprint density at radius 1 is 1.36 bits per heavy atom. The maximum atomic E-state index is 12.8. The van der Waals surface area contributed by atoms with E-state index in [-0.39, 0.29) is 12.3 Å². The molecule has 0 spiro atoms. The van der Waals surface area contributed by atoms with Crippen molar-refractivity contribution in [3.63, 3.8) is 0 Å². The number of amides is 1. The predicted molar refractivity (Wildman–Crippen MR) is 151 cm³/mol. The van der Waals surface area contributed by atoms with Crippen molar-refractivity contribution >= 4 is 64.5 Å². The van der Waals surface area contributed by atoms with E-state index >= 15 is 0 Å². The van der Waals surface area contributed by atoms with Crippen molar-refractivity contribution in [1.29, 1.82) is 0 Å². The average molecular weight is 551 g/mol. The van der Waals surface area contributed by atoms with E-state index in [1.165, 1.54) is 0 Å². The van der Waals surface area contributed by atoms with Crippen LogP contribution in [0.15, 0.2) is 33.7 Å². The number of aliphatic hydroxyl groups excluding tert-OH is 1. The van der Waals surface area contributed by atoms with Gasteiger partial charge in [0.1, 0.15) is 0 Å². The van der Waals surface area contributed by atoms with Crippen LogP contribution in [-0.4, -0.2) is 65.1 Å². The summed E-state index contributed by atoms with van der Waals surface area (Å²) in [5.74, 6) is 1.04. The average Bonchev–Trinajstić information content (AvgIpc) is 3.40.